The highest BCUT2D eigenvalue weighted by molar-refractivity contribution is 5.74. The van der Waals surface area contributed by atoms with Crippen molar-refractivity contribution in [3.8, 4) is 11.5 Å². The minimum Gasteiger partial charge on any atom is -0.493 e. The molecule has 2 fully saturated rings. The number of likely N-dealkylation sites (tertiary alicyclic amines) is 2. The van der Waals surface area contributed by atoms with Crippen molar-refractivity contribution in [2.45, 2.75) is 71.4 Å². The smallest absolute Gasteiger partial charge is 0.321 e. The number of hydrogen-bond donors (Lipinski definition) is 1. The number of nitrogens with zero attached hydrogens (tertiary/aromatic N) is 4. The minimum atomic E-state index is -0.792. The van der Waals surface area contributed by atoms with E-state index >= 15 is 0 Å². The van der Waals surface area contributed by atoms with E-state index in [0.717, 1.165) is 73.8 Å². The van der Waals surface area contributed by atoms with Gasteiger partial charge in [0.05, 0.1) is 19.9 Å². The first-order chi connectivity index (χ1) is 21.5. The van der Waals surface area contributed by atoms with E-state index in [0.29, 0.717) is 19.0 Å². The summed E-state index contributed by atoms with van der Waals surface area (Å²) in [5.74, 6) is 1.15. The monoisotopic (exact) mass is 620 g/mol. The van der Waals surface area contributed by atoms with Gasteiger partial charge in [-0.3, -0.25) is 14.4 Å². The molecule has 45 heavy (non-hydrogen) atoms. The first-order valence-electron chi connectivity index (χ1n) is 16.2. The van der Waals surface area contributed by atoms with Crippen molar-refractivity contribution in [3.05, 3.63) is 76.9 Å². The molecule has 1 aromatic heterocycles. The van der Waals surface area contributed by atoms with E-state index in [9.17, 15) is 14.3 Å². The van der Waals surface area contributed by atoms with Crippen molar-refractivity contribution >= 4 is 5.97 Å². The number of rotatable bonds is 11. The van der Waals surface area contributed by atoms with Gasteiger partial charge in [-0.2, -0.15) is 5.10 Å². The zero-order chi connectivity index (χ0) is 32.3. The number of aliphatic carboxylic acids is 1. The molecule has 3 aromatic rings. The second kappa shape index (κ2) is 13.9. The fraction of sp³-hybridized carbons (Fsp3) is 0.556. The standard InChI is InChI=1S/C36H49FN4O4/c1-7-41-31(20-29(38-41)17-24-11-12-32(44-5)33(18-24)45-6)25-13-15-39(16-14-25)21-27-22-40(34(35(42)43)36(2,3)4)23-30(27)26-9-8-10-28(37)19-26/h8-12,18-20,25,27,30,34H,7,13-17,21-23H2,1-6H3,(H,42,43)/t27-,30+,34-/m0/s1. The van der Waals surface area contributed by atoms with Crippen LogP contribution in [0.4, 0.5) is 4.39 Å². The lowest BCUT2D eigenvalue weighted by Gasteiger charge is -2.36. The molecule has 0 spiro atoms. The van der Waals surface area contributed by atoms with Crippen molar-refractivity contribution < 1.29 is 23.8 Å². The Hall–Kier alpha value is -3.43. The molecule has 3 atom stereocenters. The SMILES string of the molecule is CCn1nc(Cc2ccc(OC)c(OC)c2)cc1C1CCN(C[C@H]2CN([C@@H](C(=O)O)C(C)(C)C)C[C@@H]2c2cccc(F)c2)CC1. The highest BCUT2D eigenvalue weighted by Gasteiger charge is 2.44. The lowest BCUT2D eigenvalue weighted by atomic mass is 9.85. The van der Waals surface area contributed by atoms with Crippen LogP contribution in [-0.2, 0) is 17.8 Å². The number of methoxy groups -OCH3 is 2. The summed E-state index contributed by atoms with van der Waals surface area (Å²) in [4.78, 5) is 17.0. The minimum absolute atomic E-state index is 0.0864. The van der Waals surface area contributed by atoms with Crippen molar-refractivity contribution in [2.24, 2.45) is 11.3 Å². The summed E-state index contributed by atoms with van der Waals surface area (Å²) in [5.41, 5.74) is 4.03. The Kier molecular flexibility index (Phi) is 10.2. The molecule has 0 amide bonds. The molecule has 0 saturated carbocycles. The topological polar surface area (TPSA) is 80.1 Å². The number of halogens is 1. The fourth-order valence-corrected chi connectivity index (χ4v) is 7.59. The van der Waals surface area contributed by atoms with Gasteiger partial charge in [0.25, 0.3) is 0 Å². The Morgan fingerprint density at radius 2 is 1.78 bits per heavy atom. The van der Waals surface area contributed by atoms with Crippen LogP contribution in [0.15, 0.2) is 48.5 Å². The Balaban J connectivity index is 1.27. The second-order valence-electron chi connectivity index (χ2n) is 13.8. The summed E-state index contributed by atoms with van der Waals surface area (Å²) < 4.78 is 27.3. The van der Waals surface area contributed by atoms with Crippen LogP contribution in [0.3, 0.4) is 0 Å². The molecule has 3 heterocycles. The molecule has 0 radical (unpaired) electrons. The van der Waals surface area contributed by atoms with Gasteiger partial charge in [0.1, 0.15) is 11.9 Å². The van der Waals surface area contributed by atoms with Gasteiger partial charge in [-0.15, -0.1) is 0 Å². The molecule has 2 aromatic carbocycles. The van der Waals surface area contributed by atoms with E-state index in [-0.39, 0.29) is 17.7 Å². The van der Waals surface area contributed by atoms with Crippen molar-refractivity contribution in [1.82, 2.24) is 19.6 Å². The van der Waals surface area contributed by atoms with Crippen LogP contribution in [0.5, 0.6) is 11.5 Å². The Labute approximate surface area is 267 Å². The van der Waals surface area contributed by atoms with Crippen molar-refractivity contribution in [2.75, 3.05) is 46.9 Å². The number of aryl methyl sites for hydroxylation is 1. The Morgan fingerprint density at radius 1 is 1.04 bits per heavy atom. The van der Waals surface area contributed by atoms with Crippen LogP contribution < -0.4 is 9.47 Å². The molecule has 8 nitrogen and oxygen atoms in total. The number of carboxylic acids is 1. The molecule has 1 N–H and O–H groups in total. The first-order valence-corrected chi connectivity index (χ1v) is 16.2. The molecular weight excluding hydrogens is 571 g/mol. The van der Waals surface area contributed by atoms with E-state index in [4.69, 9.17) is 14.6 Å². The quantitative estimate of drug-likeness (QED) is 0.280. The molecular formula is C36H49FN4O4. The summed E-state index contributed by atoms with van der Waals surface area (Å²) in [5, 5.41) is 15.1. The predicted molar refractivity (Wildman–Crippen MR) is 174 cm³/mol. The molecule has 5 rings (SSSR count). The summed E-state index contributed by atoms with van der Waals surface area (Å²) >= 11 is 0. The van der Waals surface area contributed by atoms with E-state index in [1.54, 1.807) is 26.4 Å². The number of aromatic nitrogens is 2. The molecule has 2 aliphatic heterocycles. The molecule has 0 aliphatic carbocycles. The van der Waals surface area contributed by atoms with Gasteiger partial charge < -0.3 is 19.5 Å². The molecule has 244 valence electrons. The molecule has 0 bridgehead atoms. The second-order valence-corrected chi connectivity index (χ2v) is 13.8. The van der Waals surface area contributed by atoms with Crippen molar-refractivity contribution in [1.29, 1.82) is 0 Å². The Morgan fingerprint density at radius 3 is 2.40 bits per heavy atom. The van der Waals surface area contributed by atoms with Crippen LogP contribution in [0.25, 0.3) is 0 Å². The van der Waals surface area contributed by atoms with E-state index < -0.39 is 17.4 Å². The molecule has 2 saturated heterocycles. The number of carbonyl (C=O) groups is 1. The van der Waals surface area contributed by atoms with Crippen LogP contribution in [0.1, 0.15) is 74.9 Å². The molecule has 2 aliphatic rings. The van der Waals surface area contributed by atoms with Gasteiger partial charge in [0, 0.05) is 50.1 Å². The highest BCUT2D eigenvalue weighted by Crippen LogP contribution is 2.39. The molecule has 0 unspecified atom stereocenters. The van der Waals surface area contributed by atoms with Gasteiger partial charge in [-0.05, 0) is 85.6 Å². The number of carboxylic acid groups (broad SMARTS) is 1. The zero-order valence-corrected chi connectivity index (χ0v) is 27.6. The summed E-state index contributed by atoms with van der Waals surface area (Å²) in [6.45, 7) is 13.1. The summed E-state index contributed by atoms with van der Waals surface area (Å²) in [7, 11) is 3.30. The van der Waals surface area contributed by atoms with E-state index in [2.05, 4.69) is 33.5 Å². The number of piperidine rings is 1. The maximum Gasteiger partial charge on any atom is 0.321 e. The van der Waals surface area contributed by atoms with Gasteiger partial charge in [-0.25, -0.2) is 4.39 Å². The maximum atomic E-state index is 14.3. The van der Waals surface area contributed by atoms with Gasteiger partial charge in [-0.1, -0.05) is 39.0 Å². The lowest BCUT2D eigenvalue weighted by molar-refractivity contribution is -0.147. The summed E-state index contributed by atoms with van der Waals surface area (Å²) in [6, 6.07) is 14.6. The Bertz CT molecular complexity index is 1460. The van der Waals surface area contributed by atoms with Crippen LogP contribution in [-0.4, -0.2) is 83.6 Å². The zero-order valence-electron chi connectivity index (χ0n) is 27.6. The third kappa shape index (κ3) is 7.52. The highest BCUT2D eigenvalue weighted by atomic mass is 19.1. The van der Waals surface area contributed by atoms with Crippen molar-refractivity contribution in [3.63, 3.8) is 0 Å². The van der Waals surface area contributed by atoms with Gasteiger partial charge in [0.2, 0.25) is 0 Å². The van der Waals surface area contributed by atoms with Crippen LogP contribution in [0, 0.1) is 17.2 Å². The summed E-state index contributed by atoms with van der Waals surface area (Å²) in [6.07, 6.45) is 2.81. The third-order valence-corrected chi connectivity index (χ3v) is 9.66. The first kappa shape index (κ1) is 32.9. The normalized spacial score (nSPS) is 20.8. The maximum absolute atomic E-state index is 14.3. The third-order valence-electron chi connectivity index (χ3n) is 9.66. The lowest BCUT2D eigenvalue weighted by Crippen LogP contribution is -2.48. The number of benzene rings is 2. The average Bonchev–Trinajstić information content (AvgIpc) is 3.60. The predicted octanol–water partition coefficient (Wildman–Crippen LogP) is 6.04. The van der Waals surface area contributed by atoms with Gasteiger partial charge in [0.15, 0.2) is 11.5 Å². The average molecular weight is 621 g/mol. The fourth-order valence-electron chi connectivity index (χ4n) is 7.59. The van der Waals surface area contributed by atoms with Crippen LogP contribution in [0.2, 0.25) is 0 Å². The van der Waals surface area contributed by atoms with Gasteiger partial charge >= 0.3 is 5.97 Å². The number of ether oxygens (including phenoxy) is 2. The van der Waals surface area contributed by atoms with Crippen LogP contribution >= 0.6 is 0 Å². The number of hydrogen-bond acceptors (Lipinski definition) is 6. The molecule has 9 heteroatoms. The van der Waals surface area contributed by atoms with E-state index in [1.807, 2.05) is 39.0 Å². The largest absolute Gasteiger partial charge is 0.493 e. The van der Waals surface area contributed by atoms with E-state index in [1.165, 1.54) is 11.8 Å².